The zero-order chi connectivity index (χ0) is 15.9. The monoisotopic (exact) mass is 344 g/mol. The summed E-state index contributed by atoms with van der Waals surface area (Å²) in [5.74, 6) is 0.398. The molecule has 1 atom stereocenters. The highest BCUT2D eigenvalue weighted by molar-refractivity contribution is 6.42. The topological polar surface area (TPSA) is 70.6 Å². The molecule has 2 amide bonds. The van der Waals surface area contributed by atoms with Crippen LogP contribution in [0.1, 0.15) is 12.8 Å². The minimum Gasteiger partial charge on any atom is -0.489 e. The van der Waals surface area contributed by atoms with Gasteiger partial charge in [-0.2, -0.15) is 0 Å². The number of hydrogen-bond acceptors (Lipinski definition) is 3. The summed E-state index contributed by atoms with van der Waals surface area (Å²) in [5, 5.41) is 15.9. The van der Waals surface area contributed by atoms with Crippen LogP contribution in [0.3, 0.4) is 0 Å². The molecule has 0 aromatic heterocycles. The molecule has 7 heteroatoms. The Balaban J connectivity index is 1.68. The number of carbonyl (C=O) groups is 1. The van der Waals surface area contributed by atoms with E-state index in [9.17, 15) is 9.90 Å². The lowest BCUT2D eigenvalue weighted by Crippen LogP contribution is -2.44. The largest absolute Gasteiger partial charge is 0.489 e. The molecule has 1 aromatic carbocycles. The van der Waals surface area contributed by atoms with Crippen LogP contribution in [0, 0.1) is 0 Å². The van der Waals surface area contributed by atoms with Gasteiger partial charge in [-0.05, 0) is 25.0 Å². The molecule has 0 fully saturated rings. The van der Waals surface area contributed by atoms with Crippen LogP contribution in [0.5, 0.6) is 5.75 Å². The van der Waals surface area contributed by atoms with E-state index in [2.05, 4.69) is 10.6 Å². The highest BCUT2D eigenvalue weighted by Gasteiger charge is 2.14. The van der Waals surface area contributed by atoms with Crippen molar-refractivity contribution in [3.05, 3.63) is 40.4 Å². The van der Waals surface area contributed by atoms with Gasteiger partial charge in [0, 0.05) is 12.6 Å². The molecule has 1 unspecified atom stereocenters. The summed E-state index contributed by atoms with van der Waals surface area (Å²) >= 11 is 11.8. The van der Waals surface area contributed by atoms with Crippen molar-refractivity contribution in [2.45, 2.75) is 25.0 Å². The van der Waals surface area contributed by atoms with Gasteiger partial charge in [0.1, 0.15) is 23.5 Å². The number of aliphatic hydroxyl groups excluding tert-OH is 1. The molecule has 1 aliphatic rings. The van der Waals surface area contributed by atoms with Crippen molar-refractivity contribution < 1.29 is 14.6 Å². The van der Waals surface area contributed by atoms with Gasteiger partial charge in [-0.1, -0.05) is 41.4 Å². The Bertz CT molecular complexity index is 544. The summed E-state index contributed by atoms with van der Waals surface area (Å²) in [6.07, 6.45) is 4.89. The smallest absolute Gasteiger partial charge is 0.315 e. The molecule has 0 aliphatic heterocycles. The highest BCUT2D eigenvalue weighted by Crippen LogP contribution is 2.31. The molecule has 0 heterocycles. The predicted octanol–water partition coefficient (Wildman–Crippen LogP) is 2.75. The second kappa shape index (κ2) is 8.27. The molecule has 0 saturated carbocycles. The van der Waals surface area contributed by atoms with Crippen molar-refractivity contribution in [2.24, 2.45) is 0 Å². The first-order valence-corrected chi connectivity index (χ1v) is 7.76. The van der Waals surface area contributed by atoms with E-state index >= 15 is 0 Å². The van der Waals surface area contributed by atoms with Gasteiger partial charge >= 0.3 is 6.03 Å². The fraction of sp³-hybridized carbons (Fsp3) is 0.400. The fourth-order valence-electron chi connectivity index (χ4n) is 2.02. The molecule has 1 aliphatic carbocycles. The predicted molar refractivity (Wildman–Crippen MR) is 86.7 cm³/mol. The SMILES string of the molecule is O=C(NCC(O)COc1cccc(Cl)c1Cl)NC1CC=CC1. The van der Waals surface area contributed by atoms with Gasteiger partial charge in [0.05, 0.1) is 5.02 Å². The number of aliphatic hydroxyl groups is 1. The third-order valence-corrected chi connectivity index (χ3v) is 3.99. The quantitative estimate of drug-likeness (QED) is 0.695. The summed E-state index contributed by atoms with van der Waals surface area (Å²) < 4.78 is 5.40. The Labute approximate surface area is 139 Å². The minimum atomic E-state index is -0.845. The first-order valence-electron chi connectivity index (χ1n) is 7.00. The Morgan fingerprint density at radius 1 is 1.36 bits per heavy atom. The standard InChI is InChI=1S/C15H18Cl2N2O3/c16-12-6-3-7-13(14(12)17)22-9-11(20)8-18-15(21)19-10-4-1-2-5-10/h1-3,6-7,10-11,20H,4-5,8-9H2,(H2,18,19,21). The second-order valence-electron chi connectivity index (χ2n) is 5.01. The van der Waals surface area contributed by atoms with Gasteiger partial charge in [-0.25, -0.2) is 4.79 Å². The van der Waals surface area contributed by atoms with Gasteiger partial charge in [0.25, 0.3) is 0 Å². The number of benzene rings is 1. The molecule has 2 rings (SSSR count). The summed E-state index contributed by atoms with van der Waals surface area (Å²) in [7, 11) is 0. The van der Waals surface area contributed by atoms with Crippen LogP contribution in [-0.2, 0) is 0 Å². The zero-order valence-corrected chi connectivity index (χ0v) is 13.4. The van der Waals surface area contributed by atoms with Crippen molar-refractivity contribution in [2.75, 3.05) is 13.2 Å². The van der Waals surface area contributed by atoms with Crippen molar-refractivity contribution in [1.29, 1.82) is 0 Å². The molecule has 0 saturated heterocycles. The normalized spacial score (nSPS) is 15.6. The number of halogens is 2. The number of hydrogen-bond donors (Lipinski definition) is 3. The van der Waals surface area contributed by atoms with Crippen LogP contribution in [0.2, 0.25) is 10.0 Å². The average molecular weight is 345 g/mol. The van der Waals surface area contributed by atoms with Crippen LogP contribution in [0.4, 0.5) is 4.79 Å². The van der Waals surface area contributed by atoms with Crippen LogP contribution in [0.25, 0.3) is 0 Å². The van der Waals surface area contributed by atoms with Gasteiger partial charge in [0.2, 0.25) is 0 Å². The zero-order valence-electron chi connectivity index (χ0n) is 11.9. The minimum absolute atomic E-state index is 0.00528. The molecule has 0 spiro atoms. The summed E-state index contributed by atoms with van der Waals surface area (Å²) in [6, 6.07) is 4.86. The molecule has 1 aromatic rings. The van der Waals surface area contributed by atoms with Crippen LogP contribution in [-0.4, -0.2) is 36.4 Å². The van der Waals surface area contributed by atoms with Crippen molar-refractivity contribution in [3.8, 4) is 5.75 Å². The van der Waals surface area contributed by atoms with Gasteiger partial charge < -0.3 is 20.5 Å². The maximum Gasteiger partial charge on any atom is 0.315 e. The molecule has 22 heavy (non-hydrogen) atoms. The maximum atomic E-state index is 11.6. The average Bonchev–Trinajstić information content (AvgIpc) is 2.99. The van der Waals surface area contributed by atoms with E-state index in [1.807, 2.05) is 12.2 Å². The van der Waals surface area contributed by atoms with Crippen LogP contribution < -0.4 is 15.4 Å². The fourth-order valence-corrected chi connectivity index (χ4v) is 2.37. The molecule has 3 N–H and O–H groups in total. The number of rotatable bonds is 6. The Hall–Kier alpha value is -1.43. The van der Waals surface area contributed by atoms with Gasteiger partial charge in [-0.3, -0.25) is 0 Å². The Morgan fingerprint density at radius 3 is 2.82 bits per heavy atom. The summed E-state index contributed by atoms with van der Waals surface area (Å²) in [4.78, 5) is 11.6. The van der Waals surface area contributed by atoms with Crippen LogP contribution in [0.15, 0.2) is 30.4 Å². The number of amides is 2. The lowest BCUT2D eigenvalue weighted by atomic mass is 10.2. The first kappa shape index (κ1) is 16.9. The van der Waals surface area contributed by atoms with Gasteiger partial charge in [-0.15, -0.1) is 0 Å². The second-order valence-corrected chi connectivity index (χ2v) is 5.80. The molecule has 0 bridgehead atoms. The van der Waals surface area contributed by atoms with E-state index in [0.29, 0.717) is 15.8 Å². The van der Waals surface area contributed by atoms with Crippen molar-refractivity contribution in [1.82, 2.24) is 10.6 Å². The third kappa shape index (κ3) is 5.09. The molecule has 120 valence electrons. The number of ether oxygens (including phenoxy) is 1. The molecular weight excluding hydrogens is 327 g/mol. The number of urea groups is 1. The van der Waals surface area contributed by atoms with Crippen molar-refractivity contribution >= 4 is 29.2 Å². The van der Waals surface area contributed by atoms with E-state index < -0.39 is 6.10 Å². The lowest BCUT2D eigenvalue weighted by Gasteiger charge is -2.16. The molecule has 0 radical (unpaired) electrons. The van der Waals surface area contributed by atoms with E-state index in [0.717, 1.165) is 12.8 Å². The highest BCUT2D eigenvalue weighted by atomic mass is 35.5. The van der Waals surface area contributed by atoms with E-state index in [4.69, 9.17) is 27.9 Å². The molecular formula is C15H18Cl2N2O3. The van der Waals surface area contributed by atoms with E-state index in [1.54, 1.807) is 18.2 Å². The first-order chi connectivity index (χ1) is 10.6. The van der Waals surface area contributed by atoms with Crippen LogP contribution >= 0.6 is 23.2 Å². The number of carbonyl (C=O) groups excluding carboxylic acids is 1. The lowest BCUT2D eigenvalue weighted by molar-refractivity contribution is 0.107. The van der Waals surface area contributed by atoms with E-state index in [-0.39, 0.29) is 25.2 Å². The number of nitrogens with one attached hydrogen (secondary N) is 2. The van der Waals surface area contributed by atoms with E-state index in [1.165, 1.54) is 0 Å². The maximum absolute atomic E-state index is 11.6. The Kier molecular flexibility index (Phi) is 6.36. The Morgan fingerprint density at radius 2 is 2.09 bits per heavy atom. The summed E-state index contributed by atoms with van der Waals surface area (Å²) in [6.45, 7) is 0.0928. The van der Waals surface area contributed by atoms with Gasteiger partial charge in [0.15, 0.2) is 0 Å². The summed E-state index contributed by atoms with van der Waals surface area (Å²) in [5.41, 5.74) is 0. The molecule has 5 nitrogen and oxygen atoms in total. The third-order valence-electron chi connectivity index (χ3n) is 3.19. The van der Waals surface area contributed by atoms with Crippen molar-refractivity contribution in [3.63, 3.8) is 0 Å².